The standard InChI is InChI=1S/C19H23FN4O2/c20-14-2-1-3-17(12-14)26-16-6-10-23(11-7-16)19-21-8-4-18(22-19)24-9-5-15(25)13-24/h1-4,8,12,15-16,25H,5-7,9-11,13H2/t15-/m1/s1. The number of nitrogens with zero attached hydrogens (tertiary/aromatic N) is 4. The number of halogens is 1. The molecule has 0 radical (unpaired) electrons. The summed E-state index contributed by atoms with van der Waals surface area (Å²) in [5.41, 5.74) is 0. The molecule has 3 heterocycles. The summed E-state index contributed by atoms with van der Waals surface area (Å²) in [4.78, 5) is 13.3. The first kappa shape index (κ1) is 17.0. The minimum atomic E-state index is -0.280. The van der Waals surface area contributed by atoms with E-state index in [0.717, 1.165) is 44.7 Å². The molecule has 2 aromatic rings. The van der Waals surface area contributed by atoms with E-state index in [1.165, 1.54) is 12.1 Å². The van der Waals surface area contributed by atoms with Gasteiger partial charge in [-0.2, -0.15) is 4.98 Å². The third-order valence-electron chi connectivity index (χ3n) is 4.94. The van der Waals surface area contributed by atoms with E-state index in [1.807, 2.05) is 6.07 Å². The Bertz CT molecular complexity index is 752. The van der Waals surface area contributed by atoms with E-state index < -0.39 is 0 Å². The van der Waals surface area contributed by atoms with Gasteiger partial charge >= 0.3 is 0 Å². The second-order valence-corrected chi connectivity index (χ2v) is 6.86. The second kappa shape index (κ2) is 7.45. The first-order chi connectivity index (χ1) is 12.7. The van der Waals surface area contributed by atoms with Crippen LogP contribution in [-0.2, 0) is 0 Å². The van der Waals surface area contributed by atoms with Crippen molar-refractivity contribution in [1.29, 1.82) is 0 Å². The Morgan fingerprint density at radius 2 is 1.88 bits per heavy atom. The SMILES string of the molecule is O[C@@H]1CCN(c2ccnc(N3CCC(Oc4cccc(F)c4)CC3)n2)C1. The van der Waals surface area contributed by atoms with Gasteiger partial charge in [0.15, 0.2) is 0 Å². The van der Waals surface area contributed by atoms with Gasteiger partial charge in [0.1, 0.15) is 23.5 Å². The third kappa shape index (κ3) is 3.88. The minimum Gasteiger partial charge on any atom is -0.490 e. The molecule has 6 nitrogen and oxygen atoms in total. The second-order valence-electron chi connectivity index (χ2n) is 6.86. The Kier molecular flexibility index (Phi) is 4.88. The fourth-order valence-corrected chi connectivity index (χ4v) is 3.52. The Morgan fingerprint density at radius 3 is 2.62 bits per heavy atom. The van der Waals surface area contributed by atoms with E-state index in [4.69, 9.17) is 4.74 Å². The van der Waals surface area contributed by atoms with Crippen LogP contribution in [0.5, 0.6) is 5.75 Å². The zero-order valence-corrected chi connectivity index (χ0v) is 14.6. The van der Waals surface area contributed by atoms with Crippen LogP contribution in [0.15, 0.2) is 36.5 Å². The van der Waals surface area contributed by atoms with E-state index in [2.05, 4.69) is 19.8 Å². The lowest BCUT2D eigenvalue weighted by molar-refractivity contribution is 0.170. The van der Waals surface area contributed by atoms with E-state index in [0.29, 0.717) is 18.2 Å². The van der Waals surface area contributed by atoms with Crippen molar-refractivity contribution in [1.82, 2.24) is 9.97 Å². The number of aromatic nitrogens is 2. The molecule has 1 aromatic carbocycles. The van der Waals surface area contributed by atoms with E-state index in [1.54, 1.807) is 18.3 Å². The fraction of sp³-hybridized carbons (Fsp3) is 0.474. The summed E-state index contributed by atoms with van der Waals surface area (Å²) in [5.74, 6) is 1.88. The van der Waals surface area contributed by atoms with E-state index >= 15 is 0 Å². The number of benzene rings is 1. The maximum Gasteiger partial charge on any atom is 0.227 e. The van der Waals surface area contributed by atoms with E-state index in [-0.39, 0.29) is 18.0 Å². The van der Waals surface area contributed by atoms with Crippen molar-refractivity contribution >= 4 is 11.8 Å². The van der Waals surface area contributed by atoms with Crippen molar-refractivity contribution in [3.05, 3.63) is 42.3 Å². The summed E-state index contributed by atoms with van der Waals surface area (Å²) in [5, 5.41) is 9.71. The lowest BCUT2D eigenvalue weighted by Gasteiger charge is -2.32. The zero-order chi connectivity index (χ0) is 17.9. The van der Waals surface area contributed by atoms with Crippen LogP contribution in [0, 0.1) is 5.82 Å². The normalized spacial score (nSPS) is 21.2. The molecule has 1 atom stereocenters. The van der Waals surface area contributed by atoms with Crippen LogP contribution in [0.1, 0.15) is 19.3 Å². The Labute approximate surface area is 152 Å². The molecular weight excluding hydrogens is 335 g/mol. The van der Waals surface area contributed by atoms with Crippen molar-refractivity contribution in [2.24, 2.45) is 0 Å². The maximum atomic E-state index is 13.3. The molecule has 0 aliphatic carbocycles. The van der Waals surface area contributed by atoms with Gasteiger partial charge < -0.3 is 19.6 Å². The molecule has 0 bridgehead atoms. The highest BCUT2D eigenvalue weighted by atomic mass is 19.1. The lowest BCUT2D eigenvalue weighted by atomic mass is 10.1. The molecule has 2 aliphatic rings. The van der Waals surface area contributed by atoms with Gasteiger partial charge in [-0.3, -0.25) is 0 Å². The maximum absolute atomic E-state index is 13.3. The molecule has 4 rings (SSSR count). The fourth-order valence-electron chi connectivity index (χ4n) is 3.52. The van der Waals surface area contributed by atoms with Crippen LogP contribution in [0.2, 0.25) is 0 Å². The number of aliphatic hydroxyl groups is 1. The van der Waals surface area contributed by atoms with Gasteiger partial charge in [0.25, 0.3) is 0 Å². The number of anilines is 2. The molecular formula is C19H23FN4O2. The number of hydrogen-bond donors (Lipinski definition) is 1. The van der Waals surface area contributed by atoms with Gasteiger partial charge in [-0.25, -0.2) is 9.37 Å². The molecule has 2 aliphatic heterocycles. The zero-order valence-electron chi connectivity index (χ0n) is 14.6. The quantitative estimate of drug-likeness (QED) is 0.904. The van der Waals surface area contributed by atoms with Crippen molar-refractivity contribution in [3.63, 3.8) is 0 Å². The molecule has 7 heteroatoms. The lowest BCUT2D eigenvalue weighted by Crippen LogP contribution is -2.39. The Hall–Kier alpha value is -2.41. The number of aliphatic hydroxyl groups excluding tert-OH is 1. The molecule has 138 valence electrons. The molecule has 0 amide bonds. The van der Waals surface area contributed by atoms with E-state index in [9.17, 15) is 9.50 Å². The molecule has 2 saturated heterocycles. The highest BCUT2D eigenvalue weighted by molar-refractivity contribution is 5.45. The van der Waals surface area contributed by atoms with Crippen molar-refractivity contribution in [3.8, 4) is 5.75 Å². The first-order valence-electron chi connectivity index (χ1n) is 9.10. The predicted octanol–water partition coefficient (Wildman–Crippen LogP) is 2.23. The van der Waals surface area contributed by atoms with Crippen molar-refractivity contribution in [2.45, 2.75) is 31.5 Å². The van der Waals surface area contributed by atoms with Crippen LogP contribution in [0.3, 0.4) is 0 Å². The third-order valence-corrected chi connectivity index (χ3v) is 4.94. The van der Waals surface area contributed by atoms with Gasteiger partial charge in [-0.15, -0.1) is 0 Å². The van der Waals surface area contributed by atoms with Crippen LogP contribution < -0.4 is 14.5 Å². The summed E-state index contributed by atoms with van der Waals surface area (Å²) >= 11 is 0. The highest BCUT2D eigenvalue weighted by Crippen LogP contribution is 2.24. The number of ether oxygens (including phenoxy) is 1. The molecule has 0 spiro atoms. The molecule has 26 heavy (non-hydrogen) atoms. The van der Waals surface area contributed by atoms with Gasteiger partial charge in [0.2, 0.25) is 5.95 Å². The molecule has 0 unspecified atom stereocenters. The summed E-state index contributed by atoms with van der Waals surface area (Å²) in [6, 6.07) is 8.17. The van der Waals surface area contributed by atoms with Crippen molar-refractivity contribution in [2.75, 3.05) is 36.0 Å². The van der Waals surface area contributed by atoms with Gasteiger partial charge in [0, 0.05) is 51.3 Å². The van der Waals surface area contributed by atoms with Crippen molar-refractivity contribution < 1.29 is 14.2 Å². The first-order valence-corrected chi connectivity index (χ1v) is 9.10. The summed E-state index contributed by atoms with van der Waals surface area (Å²) < 4.78 is 19.2. The van der Waals surface area contributed by atoms with Gasteiger partial charge in [0.05, 0.1) is 6.10 Å². The topological polar surface area (TPSA) is 61.7 Å². The van der Waals surface area contributed by atoms with Crippen LogP contribution in [0.25, 0.3) is 0 Å². The van der Waals surface area contributed by atoms with Crippen LogP contribution >= 0.6 is 0 Å². The molecule has 2 fully saturated rings. The van der Waals surface area contributed by atoms with Crippen LogP contribution in [-0.4, -0.2) is 53.5 Å². The summed E-state index contributed by atoms with van der Waals surface area (Å²) in [7, 11) is 0. The largest absolute Gasteiger partial charge is 0.490 e. The number of β-amino-alcohol motifs (C(OH)–C–C–N with tert-alkyl or cyclic N) is 1. The predicted molar refractivity (Wildman–Crippen MR) is 97.1 cm³/mol. The number of hydrogen-bond acceptors (Lipinski definition) is 6. The average molecular weight is 358 g/mol. The smallest absolute Gasteiger partial charge is 0.227 e. The Balaban J connectivity index is 1.36. The summed E-state index contributed by atoms with van der Waals surface area (Å²) in [6.45, 7) is 3.04. The van der Waals surface area contributed by atoms with Gasteiger partial charge in [-0.1, -0.05) is 6.07 Å². The monoisotopic (exact) mass is 358 g/mol. The van der Waals surface area contributed by atoms with Gasteiger partial charge in [-0.05, 0) is 24.6 Å². The molecule has 1 N–H and O–H groups in total. The van der Waals surface area contributed by atoms with Crippen LogP contribution in [0.4, 0.5) is 16.2 Å². The molecule has 0 saturated carbocycles. The number of rotatable bonds is 4. The minimum absolute atomic E-state index is 0.0740. The average Bonchev–Trinajstić information content (AvgIpc) is 3.09. The number of piperidine rings is 1. The molecule has 1 aromatic heterocycles. The Morgan fingerprint density at radius 1 is 1.08 bits per heavy atom. The summed E-state index contributed by atoms with van der Waals surface area (Å²) in [6.07, 6.45) is 4.04. The highest BCUT2D eigenvalue weighted by Gasteiger charge is 2.25.